The molecular formula is C8H10N2O4. The molecule has 1 rings (SSSR count). The quantitative estimate of drug-likeness (QED) is 0.575. The number of rotatable bonds is 4. The number of nitrogens with two attached hydrogens (primary N) is 1. The Hall–Kier alpha value is -1.66. The first kappa shape index (κ1) is 10.4. The van der Waals surface area contributed by atoms with E-state index < -0.39 is 4.92 Å². The molecule has 0 radical (unpaired) electrons. The van der Waals surface area contributed by atoms with Crippen molar-refractivity contribution in [3.05, 3.63) is 33.9 Å². The predicted octanol–water partition coefficient (Wildman–Crippen LogP) is 0.994. The molecule has 1 aromatic rings. The number of methoxy groups -OCH3 is 1. The summed E-state index contributed by atoms with van der Waals surface area (Å²) in [5, 5.41) is 10.4. The van der Waals surface area contributed by atoms with Gasteiger partial charge in [-0.3, -0.25) is 15.0 Å². The first-order chi connectivity index (χ1) is 6.69. The van der Waals surface area contributed by atoms with Crippen LogP contribution in [0.15, 0.2) is 18.2 Å². The SMILES string of the molecule is COc1ccc([N+](=O)[O-])cc1CON. The van der Waals surface area contributed by atoms with Gasteiger partial charge in [0.1, 0.15) is 5.75 Å². The monoisotopic (exact) mass is 198 g/mol. The highest BCUT2D eigenvalue weighted by molar-refractivity contribution is 5.43. The lowest BCUT2D eigenvalue weighted by Gasteiger charge is -2.06. The maximum Gasteiger partial charge on any atom is 0.270 e. The van der Waals surface area contributed by atoms with Gasteiger partial charge in [0.25, 0.3) is 5.69 Å². The zero-order chi connectivity index (χ0) is 10.6. The van der Waals surface area contributed by atoms with E-state index in [0.29, 0.717) is 11.3 Å². The van der Waals surface area contributed by atoms with Crippen LogP contribution in [0, 0.1) is 10.1 Å². The number of ether oxygens (including phenoxy) is 1. The van der Waals surface area contributed by atoms with E-state index in [9.17, 15) is 10.1 Å². The van der Waals surface area contributed by atoms with Crippen LogP contribution in [0.2, 0.25) is 0 Å². The van der Waals surface area contributed by atoms with Gasteiger partial charge >= 0.3 is 0 Å². The number of hydrogen-bond acceptors (Lipinski definition) is 5. The van der Waals surface area contributed by atoms with Crippen LogP contribution in [-0.4, -0.2) is 12.0 Å². The summed E-state index contributed by atoms with van der Waals surface area (Å²) in [6.07, 6.45) is 0. The third-order valence-electron chi connectivity index (χ3n) is 1.71. The molecule has 0 aliphatic rings. The second kappa shape index (κ2) is 4.54. The minimum Gasteiger partial charge on any atom is -0.496 e. The van der Waals surface area contributed by atoms with Gasteiger partial charge in [-0.15, -0.1) is 0 Å². The van der Waals surface area contributed by atoms with Crippen molar-refractivity contribution in [2.45, 2.75) is 6.61 Å². The van der Waals surface area contributed by atoms with E-state index in [1.165, 1.54) is 25.3 Å². The Morgan fingerprint density at radius 1 is 1.57 bits per heavy atom. The Kier molecular flexibility index (Phi) is 3.38. The average Bonchev–Trinajstić information content (AvgIpc) is 2.18. The zero-order valence-electron chi connectivity index (χ0n) is 7.60. The molecule has 0 fully saturated rings. The van der Waals surface area contributed by atoms with Gasteiger partial charge in [-0.25, -0.2) is 5.90 Å². The molecule has 14 heavy (non-hydrogen) atoms. The highest BCUT2D eigenvalue weighted by atomic mass is 16.6. The van der Waals surface area contributed by atoms with Crippen molar-refractivity contribution >= 4 is 5.69 Å². The summed E-state index contributed by atoms with van der Waals surface area (Å²) < 4.78 is 4.97. The molecule has 0 bridgehead atoms. The summed E-state index contributed by atoms with van der Waals surface area (Å²) in [6.45, 7) is 0.0743. The van der Waals surface area contributed by atoms with E-state index in [4.69, 9.17) is 10.6 Å². The lowest BCUT2D eigenvalue weighted by molar-refractivity contribution is -0.385. The molecule has 6 nitrogen and oxygen atoms in total. The van der Waals surface area contributed by atoms with Crippen molar-refractivity contribution in [3.8, 4) is 5.75 Å². The average molecular weight is 198 g/mol. The Morgan fingerprint density at radius 3 is 2.79 bits per heavy atom. The standard InChI is InChI=1S/C8H10N2O4/c1-13-8-3-2-7(10(11)12)4-6(8)5-14-9/h2-4H,5,9H2,1H3. The van der Waals surface area contributed by atoms with E-state index in [-0.39, 0.29) is 12.3 Å². The van der Waals surface area contributed by atoms with Gasteiger partial charge in [0.2, 0.25) is 0 Å². The molecular weight excluding hydrogens is 188 g/mol. The van der Waals surface area contributed by atoms with Crippen molar-refractivity contribution in [1.29, 1.82) is 0 Å². The van der Waals surface area contributed by atoms with Crippen molar-refractivity contribution in [2.75, 3.05) is 7.11 Å². The van der Waals surface area contributed by atoms with Gasteiger partial charge < -0.3 is 4.74 Å². The molecule has 0 saturated carbocycles. The van der Waals surface area contributed by atoms with Gasteiger partial charge in [-0.2, -0.15) is 0 Å². The van der Waals surface area contributed by atoms with E-state index in [1.807, 2.05) is 0 Å². The topological polar surface area (TPSA) is 87.6 Å². The number of benzene rings is 1. The predicted molar refractivity (Wildman–Crippen MR) is 48.6 cm³/mol. The highest BCUT2D eigenvalue weighted by Crippen LogP contribution is 2.24. The molecule has 0 aliphatic heterocycles. The van der Waals surface area contributed by atoms with Crippen LogP contribution in [0.4, 0.5) is 5.69 Å². The maximum absolute atomic E-state index is 10.4. The normalized spacial score (nSPS) is 9.86. The van der Waals surface area contributed by atoms with Crippen molar-refractivity contribution in [2.24, 2.45) is 5.90 Å². The minimum atomic E-state index is -0.487. The summed E-state index contributed by atoms with van der Waals surface area (Å²) in [5.74, 6) is 5.40. The molecule has 2 N–H and O–H groups in total. The molecule has 0 saturated heterocycles. The first-order valence-corrected chi connectivity index (χ1v) is 3.82. The summed E-state index contributed by atoms with van der Waals surface area (Å²) in [6, 6.07) is 4.23. The lowest BCUT2D eigenvalue weighted by Crippen LogP contribution is -2.02. The molecule has 0 amide bonds. The van der Waals surface area contributed by atoms with Crippen LogP contribution >= 0.6 is 0 Å². The van der Waals surface area contributed by atoms with Crippen LogP contribution in [0.5, 0.6) is 5.75 Å². The fourth-order valence-electron chi connectivity index (χ4n) is 1.08. The smallest absolute Gasteiger partial charge is 0.270 e. The number of non-ortho nitro benzene ring substituents is 1. The second-order valence-electron chi connectivity index (χ2n) is 2.56. The Bertz CT molecular complexity index is 340. The Balaban J connectivity index is 3.07. The van der Waals surface area contributed by atoms with Crippen molar-refractivity contribution in [3.63, 3.8) is 0 Å². The molecule has 6 heteroatoms. The highest BCUT2D eigenvalue weighted by Gasteiger charge is 2.10. The Morgan fingerprint density at radius 2 is 2.29 bits per heavy atom. The molecule has 0 heterocycles. The number of nitro benzene ring substituents is 1. The van der Waals surface area contributed by atoms with Crippen LogP contribution < -0.4 is 10.6 Å². The molecule has 0 aromatic heterocycles. The van der Waals surface area contributed by atoms with E-state index in [2.05, 4.69) is 4.84 Å². The third kappa shape index (κ3) is 2.18. The third-order valence-corrected chi connectivity index (χ3v) is 1.71. The number of hydrogen-bond donors (Lipinski definition) is 1. The van der Waals surface area contributed by atoms with E-state index >= 15 is 0 Å². The van der Waals surface area contributed by atoms with Crippen LogP contribution in [-0.2, 0) is 11.4 Å². The van der Waals surface area contributed by atoms with Gasteiger partial charge in [-0.05, 0) is 6.07 Å². The summed E-state index contributed by atoms with van der Waals surface area (Å²) >= 11 is 0. The van der Waals surface area contributed by atoms with Crippen molar-refractivity contribution < 1.29 is 14.5 Å². The fraction of sp³-hybridized carbons (Fsp3) is 0.250. The van der Waals surface area contributed by atoms with Crippen molar-refractivity contribution in [1.82, 2.24) is 0 Å². The van der Waals surface area contributed by atoms with Crippen LogP contribution in [0.25, 0.3) is 0 Å². The van der Waals surface area contributed by atoms with Gasteiger partial charge in [-0.1, -0.05) is 0 Å². The largest absolute Gasteiger partial charge is 0.496 e. The molecule has 0 aliphatic carbocycles. The zero-order valence-corrected chi connectivity index (χ0v) is 7.60. The Labute approximate surface area is 80.3 Å². The molecule has 0 unspecified atom stereocenters. The van der Waals surface area contributed by atoms with Crippen LogP contribution in [0.3, 0.4) is 0 Å². The molecule has 76 valence electrons. The van der Waals surface area contributed by atoms with E-state index in [0.717, 1.165) is 0 Å². The molecule has 0 atom stereocenters. The molecule has 0 spiro atoms. The van der Waals surface area contributed by atoms with Gasteiger partial charge in [0.15, 0.2) is 0 Å². The number of nitro groups is 1. The van der Waals surface area contributed by atoms with Crippen LogP contribution in [0.1, 0.15) is 5.56 Å². The minimum absolute atomic E-state index is 0.0159. The second-order valence-corrected chi connectivity index (χ2v) is 2.56. The summed E-state index contributed by atoms with van der Waals surface area (Å²) in [5.41, 5.74) is 0.530. The maximum atomic E-state index is 10.4. The fourth-order valence-corrected chi connectivity index (χ4v) is 1.08. The molecule has 1 aromatic carbocycles. The van der Waals surface area contributed by atoms with Gasteiger partial charge in [0, 0.05) is 17.7 Å². The van der Waals surface area contributed by atoms with Gasteiger partial charge in [0.05, 0.1) is 18.6 Å². The van der Waals surface area contributed by atoms with E-state index in [1.54, 1.807) is 0 Å². The summed E-state index contributed by atoms with van der Waals surface area (Å²) in [7, 11) is 1.47. The number of nitrogens with zero attached hydrogens (tertiary/aromatic N) is 1. The lowest BCUT2D eigenvalue weighted by atomic mass is 10.2. The summed E-state index contributed by atoms with van der Waals surface area (Å²) in [4.78, 5) is 14.4. The first-order valence-electron chi connectivity index (χ1n) is 3.82.